The zero-order chi connectivity index (χ0) is 22.9. The van der Waals surface area contributed by atoms with Crippen LogP contribution in [0.2, 0.25) is 0 Å². The Morgan fingerprint density at radius 3 is 2.23 bits per heavy atom. The van der Waals surface area contributed by atoms with Crippen molar-refractivity contribution in [2.45, 2.75) is 58.2 Å². The SMILES string of the molecule is CC.CC.Cc1ccccc1C1CC(=O)C=CN1S(=O)c1ccc(C(F)(F)F)nc1. The Balaban J connectivity index is 0.00000106. The molecule has 3 rings (SSSR count). The first-order chi connectivity index (χ1) is 14.3. The number of pyridine rings is 1. The van der Waals surface area contributed by atoms with Crippen molar-refractivity contribution in [2.75, 3.05) is 0 Å². The van der Waals surface area contributed by atoms with Gasteiger partial charge in [-0.1, -0.05) is 52.0 Å². The van der Waals surface area contributed by atoms with E-state index in [9.17, 15) is 22.2 Å². The molecule has 2 unspecified atom stereocenters. The fourth-order valence-electron chi connectivity index (χ4n) is 2.76. The number of aromatic nitrogens is 1. The Labute approximate surface area is 178 Å². The van der Waals surface area contributed by atoms with Crippen LogP contribution in [0.15, 0.2) is 59.8 Å². The number of hydrogen-bond donors (Lipinski definition) is 0. The number of rotatable bonds is 3. The van der Waals surface area contributed by atoms with E-state index in [-0.39, 0.29) is 17.1 Å². The lowest BCUT2D eigenvalue weighted by Gasteiger charge is -2.32. The molecule has 0 aliphatic carbocycles. The molecular formula is C22H27F3N2O2S. The van der Waals surface area contributed by atoms with Gasteiger partial charge in [-0.15, -0.1) is 0 Å². The van der Waals surface area contributed by atoms with E-state index >= 15 is 0 Å². The number of nitrogens with zero attached hydrogens (tertiary/aromatic N) is 2. The second-order valence-corrected chi connectivity index (χ2v) is 7.24. The summed E-state index contributed by atoms with van der Waals surface area (Å²) >= 11 is 0. The second-order valence-electron chi connectivity index (χ2n) is 5.84. The standard InChI is InChI=1S/C18H15F3N2O2S.2C2H6/c1-12-4-2-3-5-15(12)16-10-13(24)8-9-23(16)26(25)14-6-7-17(22-11-14)18(19,20)21;2*1-2/h2-9,11,16H,10H2,1H3;2*1-2H3. The highest BCUT2D eigenvalue weighted by atomic mass is 32.2. The van der Waals surface area contributed by atoms with Gasteiger partial charge >= 0.3 is 6.18 Å². The maximum Gasteiger partial charge on any atom is 0.433 e. The van der Waals surface area contributed by atoms with E-state index in [2.05, 4.69) is 4.98 Å². The summed E-state index contributed by atoms with van der Waals surface area (Å²) in [5.41, 5.74) is 0.740. The third-order valence-corrected chi connectivity index (χ3v) is 5.48. The van der Waals surface area contributed by atoms with Crippen molar-refractivity contribution >= 4 is 16.8 Å². The molecule has 30 heavy (non-hydrogen) atoms. The molecule has 1 aliphatic rings. The number of alkyl halides is 3. The molecule has 2 heterocycles. The zero-order valence-electron chi connectivity index (χ0n) is 17.7. The summed E-state index contributed by atoms with van der Waals surface area (Å²) in [6.07, 6.45) is -0.707. The maximum atomic E-state index is 12.9. The van der Waals surface area contributed by atoms with Crippen LogP contribution in [0.25, 0.3) is 0 Å². The Morgan fingerprint density at radius 1 is 1.07 bits per heavy atom. The number of halogens is 3. The summed E-state index contributed by atoms with van der Waals surface area (Å²) in [5.74, 6) is -0.1000. The number of hydrogen-bond acceptors (Lipinski definition) is 3. The predicted octanol–water partition coefficient (Wildman–Crippen LogP) is 6.01. The van der Waals surface area contributed by atoms with E-state index < -0.39 is 28.9 Å². The topological polar surface area (TPSA) is 50.3 Å². The van der Waals surface area contributed by atoms with Crippen LogP contribution in [0.1, 0.15) is 57.0 Å². The minimum Gasteiger partial charge on any atom is -0.295 e. The maximum absolute atomic E-state index is 12.9. The molecular weight excluding hydrogens is 413 g/mol. The first-order valence-corrected chi connectivity index (χ1v) is 10.9. The minimum atomic E-state index is -4.55. The summed E-state index contributed by atoms with van der Waals surface area (Å²) in [5, 5.41) is 0. The van der Waals surface area contributed by atoms with Crippen molar-refractivity contribution in [3.63, 3.8) is 0 Å². The summed E-state index contributed by atoms with van der Waals surface area (Å²) in [4.78, 5) is 15.4. The van der Waals surface area contributed by atoms with E-state index in [1.165, 1.54) is 16.6 Å². The predicted molar refractivity (Wildman–Crippen MR) is 113 cm³/mol. The van der Waals surface area contributed by atoms with Crippen molar-refractivity contribution in [1.29, 1.82) is 0 Å². The van der Waals surface area contributed by atoms with Gasteiger partial charge in [0.2, 0.25) is 0 Å². The van der Waals surface area contributed by atoms with Gasteiger partial charge in [-0.25, -0.2) is 4.21 Å². The fourth-order valence-corrected chi connectivity index (χ4v) is 3.92. The van der Waals surface area contributed by atoms with Crippen LogP contribution in [-0.4, -0.2) is 19.3 Å². The van der Waals surface area contributed by atoms with Crippen LogP contribution in [0.5, 0.6) is 0 Å². The number of benzene rings is 1. The van der Waals surface area contributed by atoms with Gasteiger partial charge in [0.15, 0.2) is 16.8 Å². The Kier molecular flexibility index (Phi) is 9.92. The molecule has 2 aromatic rings. The third kappa shape index (κ3) is 6.26. The third-order valence-electron chi connectivity index (χ3n) is 4.08. The summed E-state index contributed by atoms with van der Waals surface area (Å²) < 4.78 is 52.3. The van der Waals surface area contributed by atoms with Crippen LogP contribution in [0, 0.1) is 6.92 Å². The molecule has 164 valence electrons. The Hall–Kier alpha value is -2.48. The van der Waals surface area contributed by atoms with E-state index in [0.29, 0.717) is 0 Å². The van der Waals surface area contributed by atoms with Gasteiger partial charge in [-0.05, 0) is 36.3 Å². The quantitative estimate of drug-likeness (QED) is 0.587. The molecule has 4 nitrogen and oxygen atoms in total. The summed E-state index contributed by atoms with van der Waals surface area (Å²) in [6.45, 7) is 9.89. The highest BCUT2D eigenvalue weighted by molar-refractivity contribution is 7.82. The molecule has 0 fully saturated rings. The van der Waals surface area contributed by atoms with Crippen molar-refractivity contribution in [1.82, 2.24) is 9.29 Å². The van der Waals surface area contributed by atoms with Crippen LogP contribution in [0.3, 0.4) is 0 Å². The lowest BCUT2D eigenvalue weighted by Crippen LogP contribution is -2.31. The normalized spacial score (nSPS) is 16.7. The van der Waals surface area contributed by atoms with Gasteiger partial charge < -0.3 is 0 Å². The Bertz CT molecular complexity index is 881. The van der Waals surface area contributed by atoms with Gasteiger partial charge in [0.1, 0.15) is 5.69 Å². The number of aryl methyl sites for hydroxylation is 1. The number of ketones is 1. The fraction of sp³-hybridized carbons (Fsp3) is 0.364. The van der Waals surface area contributed by atoms with Crippen LogP contribution in [0.4, 0.5) is 13.2 Å². The summed E-state index contributed by atoms with van der Waals surface area (Å²) in [6, 6.07) is 8.91. The van der Waals surface area contributed by atoms with Gasteiger partial charge in [-0.3, -0.25) is 14.1 Å². The average Bonchev–Trinajstić information content (AvgIpc) is 2.76. The molecule has 0 saturated heterocycles. The molecule has 8 heteroatoms. The van der Waals surface area contributed by atoms with Crippen molar-refractivity contribution in [3.05, 3.63) is 71.7 Å². The lowest BCUT2D eigenvalue weighted by atomic mass is 9.95. The molecule has 1 aromatic heterocycles. The number of allylic oxidation sites excluding steroid dienone is 1. The lowest BCUT2D eigenvalue weighted by molar-refractivity contribution is -0.141. The molecule has 0 N–H and O–H groups in total. The molecule has 2 atom stereocenters. The van der Waals surface area contributed by atoms with E-state index in [1.807, 2.05) is 58.9 Å². The molecule has 0 radical (unpaired) electrons. The van der Waals surface area contributed by atoms with E-state index in [4.69, 9.17) is 0 Å². The average molecular weight is 441 g/mol. The van der Waals surface area contributed by atoms with Crippen molar-refractivity contribution < 1.29 is 22.2 Å². The highest BCUT2D eigenvalue weighted by Crippen LogP contribution is 2.34. The van der Waals surface area contributed by atoms with E-state index in [1.54, 1.807) is 0 Å². The summed E-state index contributed by atoms with van der Waals surface area (Å²) in [7, 11) is -1.79. The zero-order valence-corrected chi connectivity index (χ0v) is 18.6. The van der Waals surface area contributed by atoms with Crippen molar-refractivity contribution in [3.8, 4) is 0 Å². The van der Waals surface area contributed by atoms with E-state index in [0.717, 1.165) is 29.5 Å². The highest BCUT2D eigenvalue weighted by Gasteiger charge is 2.33. The van der Waals surface area contributed by atoms with Gasteiger partial charge in [-0.2, -0.15) is 13.2 Å². The first-order valence-electron chi connectivity index (χ1n) is 9.77. The largest absolute Gasteiger partial charge is 0.433 e. The van der Waals surface area contributed by atoms with Crippen LogP contribution in [-0.2, 0) is 22.0 Å². The van der Waals surface area contributed by atoms with Crippen LogP contribution < -0.4 is 0 Å². The molecule has 0 saturated carbocycles. The molecule has 0 amide bonds. The number of carbonyl (C=O) groups excluding carboxylic acids is 1. The van der Waals surface area contributed by atoms with Crippen molar-refractivity contribution in [2.24, 2.45) is 0 Å². The second kappa shape index (κ2) is 11.6. The Morgan fingerprint density at radius 2 is 1.70 bits per heavy atom. The number of carbonyl (C=O) groups is 1. The molecule has 0 bridgehead atoms. The van der Waals surface area contributed by atoms with Gasteiger partial charge in [0.05, 0.1) is 10.9 Å². The van der Waals surface area contributed by atoms with Crippen LogP contribution >= 0.6 is 0 Å². The first kappa shape index (κ1) is 25.6. The smallest absolute Gasteiger partial charge is 0.295 e. The van der Waals surface area contributed by atoms with Gasteiger partial charge in [0.25, 0.3) is 0 Å². The minimum absolute atomic E-state index is 0.1000. The molecule has 1 aliphatic heterocycles. The monoisotopic (exact) mass is 440 g/mol. The van der Waals surface area contributed by atoms with Gasteiger partial charge in [0, 0.05) is 18.8 Å². The molecule has 0 spiro atoms. The molecule has 1 aromatic carbocycles.